The Balaban J connectivity index is 1.51. The van der Waals surface area contributed by atoms with Gasteiger partial charge >= 0.3 is 0 Å². The minimum absolute atomic E-state index is 0.107. The second-order valence-corrected chi connectivity index (χ2v) is 5.11. The van der Waals surface area contributed by atoms with E-state index in [4.69, 9.17) is 9.47 Å². The SMILES string of the molecule is O=C(Nc1cccc(OCCn2cncn2)c1)C1COCCN1. The Morgan fingerprint density at radius 3 is 3.26 bits per heavy atom. The van der Waals surface area contributed by atoms with Crippen molar-refractivity contribution in [2.24, 2.45) is 0 Å². The number of carbonyl (C=O) groups is 1. The molecule has 2 heterocycles. The summed E-state index contributed by atoms with van der Waals surface area (Å²) in [5.74, 6) is 0.584. The third kappa shape index (κ3) is 4.51. The summed E-state index contributed by atoms with van der Waals surface area (Å²) in [7, 11) is 0. The Bertz CT molecular complexity index is 626. The molecule has 1 amide bonds. The molecule has 2 N–H and O–H groups in total. The number of ether oxygens (including phenoxy) is 2. The van der Waals surface area contributed by atoms with Crippen LogP contribution in [0.4, 0.5) is 5.69 Å². The fourth-order valence-corrected chi connectivity index (χ4v) is 2.23. The average Bonchev–Trinajstić information content (AvgIpc) is 3.09. The first kappa shape index (κ1) is 15.4. The van der Waals surface area contributed by atoms with Crippen LogP contribution in [0.25, 0.3) is 0 Å². The Hall–Kier alpha value is -2.45. The van der Waals surface area contributed by atoms with E-state index in [1.165, 1.54) is 6.33 Å². The number of morpholine rings is 1. The molecule has 1 unspecified atom stereocenters. The molecule has 0 bridgehead atoms. The van der Waals surface area contributed by atoms with Crippen LogP contribution in [0.15, 0.2) is 36.9 Å². The summed E-state index contributed by atoms with van der Waals surface area (Å²) in [6.07, 6.45) is 3.12. The van der Waals surface area contributed by atoms with Crippen molar-refractivity contribution in [2.45, 2.75) is 12.6 Å². The van der Waals surface area contributed by atoms with E-state index < -0.39 is 0 Å². The van der Waals surface area contributed by atoms with Crippen LogP contribution >= 0.6 is 0 Å². The molecule has 1 aliphatic heterocycles. The summed E-state index contributed by atoms with van der Waals surface area (Å²) < 4.78 is 12.7. The topological polar surface area (TPSA) is 90.3 Å². The highest BCUT2D eigenvalue weighted by Crippen LogP contribution is 2.17. The fourth-order valence-electron chi connectivity index (χ4n) is 2.23. The molecule has 2 aromatic rings. The van der Waals surface area contributed by atoms with E-state index >= 15 is 0 Å². The van der Waals surface area contributed by atoms with Crippen molar-refractivity contribution in [1.29, 1.82) is 0 Å². The minimum Gasteiger partial charge on any atom is -0.492 e. The van der Waals surface area contributed by atoms with E-state index in [9.17, 15) is 4.79 Å². The molecule has 0 radical (unpaired) electrons. The lowest BCUT2D eigenvalue weighted by Crippen LogP contribution is -2.48. The van der Waals surface area contributed by atoms with E-state index in [0.29, 0.717) is 44.3 Å². The number of nitrogens with one attached hydrogen (secondary N) is 2. The van der Waals surface area contributed by atoms with Crippen LogP contribution in [-0.4, -0.2) is 53.1 Å². The number of amides is 1. The lowest BCUT2D eigenvalue weighted by Gasteiger charge is -2.23. The molecule has 1 aromatic carbocycles. The Labute approximate surface area is 133 Å². The van der Waals surface area contributed by atoms with Gasteiger partial charge in [-0.05, 0) is 12.1 Å². The van der Waals surface area contributed by atoms with Crippen molar-refractivity contribution in [1.82, 2.24) is 20.1 Å². The lowest BCUT2D eigenvalue weighted by atomic mass is 10.2. The second-order valence-electron chi connectivity index (χ2n) is 5.11. The van der Waals surface area contributed by atoms with E-state index in [-0.39, 0.29) is 11.9 Å². The molecule has 3 rings (SSSR count). The van der Waals surface area contributed by atoms with Gasteiger partial charge < -0.3 is 20.1 Å². The normalized spacial score (nSPS) is 17.7. The van der Waals surface area contributed by atoms with Gasteiger partial charge in [0.2, 0.25) is 5.91 Å². The van der Waals surface area contributed by atoms with Crippen molar-refractivity contribution >= 4 is 11.6 Å². The molecule has 1 atom stereocenters. The van der Waals surface area contributed by atoms with Crippen LogP contribution in [0.1, 0.15) is 0 Å². The van der Waals surface area contributed by atoms with Crippen molar-refractivity contribution < 1.29 is 14.3 Å². The standard InChI is InChI=1S/C15H19N5O3/c21-15(14-9-22-6-4-17-14)19-12-2-1-3-13(8-12)23-7-5-20-11-16-10-18-20/h1-3,8,10-11,14,17H,4-7,9H2,(H,19,21). The molecule has 23 heavy (non-hydrogen) atoms. The van der Waals surface area contributed by atoms with Gasteiger partial charge in [0.1, 0.15) is 31.1 Å². The molecule has 0 aliphatic carbocycles. The molecule has 0 saturated carbocycles. The van der Waals surface area contributed by atoms with Gasteiger partial charge in [-0.3, -0.25) is 4.79 Å². The first-order valence-corrected chi connectivity index (χ1v) is 7.48. The highest BCUT2D eigenvalue weighted by molar-refractivity contribution is 5.95. The maximum Gasteiger partial charge on any atom is 0.243 e. The first-order chi connectivity index (χ1) is 11.3. The van der Waals surface area contributed by atoms with E-state index in [1.54, 1.807) is 17.1 Å². The molecule has 1 saturated heterocycles. The lowest BCUT2D eigenvalue weighted by molar-refractivity contribution is -0.120. The van der Waals surface area contributed by atoms with E-state index in [1.807, 2.05) is 18.2 Å². The van der Waals surface area contributed by atoms with Crippen LogP contribution in [0.2, 0.25) is 0 Å². The molecular formula is C15H19N5O3. The zero-order valence-electron chi connectivity index (χ0n) is 12.6. The van der Waals surface area contributed by atoms with Gasteiger partial charge in [-0.1, -0.05) is 6.07 Å². The quantitative estimate of drug-likeness (QED) is 0.795. The van der Waals surface area contributed by atoms with Gasteiger partial charge in [0.05, 0.1) is 19.8 Å². The minimum atomic E-state index is -0.319. The number of hydrogen-bond donors (Lipinski definition) is 2. The Kier molecular flexibility index (Phi) is 5.17. The Morgan fingerprint density at radius 2 is 2.48 bits per heavy atom. The smallest absolute Gasteiger partial charge is 0.243 e. The van der Waals surface area contributed by atoms with E-state index in [2.05, 4.69) is 20.7 Å². The molecule has 1 fully saturated rings. The number of anilines is 1. The van der Waals surface area contributed by atoms with Gasteiger partial charge in [0, 0.05) is 18.3 Å². The van der Waals surface area contributed by atoms with Crippen LogP contribution in [0, 0.1) is 0 Å². The summed E-state index contributed by atoms with van der Waals surface area (Å²) in [4.78, 5) is 16.0. The highest BCUT2D eigenvalue weighted by atomic mass is 16.5. The molecule has 1 aromatic heterocycles. The number of benzene rings is 1. The zero-order chi connectivity index (χ0) is 15.9. The number of aromatic nitrogens is 3. The van der Waals surface area contributed by atoms with Crippen molar-refractivity contribution in [2.75, 3.05) is 31.7 Å². The Morgan fingerprint density at radius 1 is 1.52 bits per heavy atom. The monoisotopic (exact) mass is 317 g/mol. The van der Waals surface area contributed by atoms with Crippen LogP contribution in [0.3, 0.4) is 0 Å². The summed E-state index contributed by atoms with van der Waals surface area (Å²) >= 11 is 0. The van der Waals surface area contributed by atoms with Gasteiger partial charge in [-0.25, -0.2) is 9.67 Å². The summed E-state index contributed by atoms with van der Waals surface area (Å²) in [6, 6.07) is 6.99. The van der Waals surface area contributed by atoms with Gasteiger partial charge in [-0.2, -0.15) is 5.10 Å². The third-order valence-corrected chi connectivity index (χ3v) is 3.40. The molecule has 0 spiro atoms. The largest absolute Gasteiger partial charge is 0.492 e. The second kappa shape index (κ2) is 7.70. The average molecular weight is 317 g/mol. The highest BCUT2D eigenvalue weighted by Gasteiger charge is 2.21. The fraction of sp³-hybridized carbons (Fsp3) is 0.400. The summed E-state index contributed by atoms with van der Waals surface area (Å²) in [6.45, 7) is 2.79. The van der Waals surface area contributed by atoms with Crippen molar-refractivity contribution in [3.8, 4) is 5.75 Å². The number of carbonyl (C=O) groups excluding carboxylic acids is 1. The molecule has 122 valence electrons. The zero-order valence-corrected chi connectivity index (χ0v) is 12.6. The first-order valence-electron chi connectivity index (χ1n) is 7.48. The van der Waals surface area contributed by atoms with Gasteiger partial charge in [-0.15, -0.1) is 0 Å². The number of nitrogens with zero attached hydrogens (tertiary/aromatic N) is 3. The van der Waals surface area contributed by atoms with Crippen LogP contribution in [-0.2, 0) is 16.1 Å². The maximum absolute atomic E-state index is 12.1. The van der Waals surface area contributed by atoms with Crippen molar-refractivity contribution in [3.05, 3.63) is 36.9 Å². The predicted molar refractivity (Wildman–Crippen MR) is 83.2 cm³/mol. The van der Waals surface area contributed by atoms with Crippen LogP contribution in [0.5, 0.6) is 5.75 Å². The third-order valence-electron chi connectivity index (χ3n) is 3.40. The summed E-state index contributed by atoms with van der Waals surface area (Å²) in [5, 5.41) is 9.99. The molecule has 1 aliphatic rings. The molecule has 8 heteroatoms. The molecule has 8 nitrogen and oxygen atoms in total. The van der Waals surface area contributed by atoms with Crippen LogP contribution < -0.4 is 15.4 Å². The number of rotatable bonds is 6. The summed E-state index contributed by atoms with van der Waals surface area (Å²) in [5.41, 5.74) is 0.695. The van der Waals surface area contributed by atoms with Crippen molar-refractivity contribution in [3.63, 3.8) is 0 Å². The van der Waals surface area contributed by atoms with E-state index in [0.717, 1.165) is 0 Å². The van der Waals surface area contributed by atoms with Gasteiger partial charge in [0.15, 0.2) is 0 Å². The predicted octanol–water partition coefficient (Wildman–Crippen LogP) is 0.284. The number of hydrogen-bond acceptors (Lipinski definition) is 6. The van der Waals surface area contributed by atoms with Gasteiger partial charge in [0.25, 0.3) is 0 Å². The molecular weight excluding hydrogens is 298 g/mol. The maximum atomic E-state index is 12.1.